The van der Waals surface area contributed by atoms with Gasteiger partial charge >= 0.3 is 5.97 Å². The van der Waals surface area contributed by atoms with Crippen molar-refractivity contribution in [1.82, 2.24) is 4.57 Å². The maximum absolute atomic E-state index is 11.9. The summed E-state index contributed by atoms with van der Waals surface area (Å²) >= 11 is 1.57. The summed E-state index contributed by atoms with van der Waals surface area (Å²) in [6.07, 6.45) is 0. The molecule has 0 aliphatic rings. The summed E-state index contributed by atoms with van der Waals surface area (Å²) in [6.45, 7) is 5.67. The molecule has 2 rings (SSSR count). The van der Waals surface area contributed by atoms with Gasteiger partial charge in [0.1, 0.15) is 5.69 Å². The molecule has 1 aromatic heterocycles. The first-order valence-electron chi connectivity index (χ1n) is 7.06. The van der Waals surface area contributed by atoms with Crippen molar-refractivity contribution < 1.29 is 14.3 Å². The van der Waals surface area contributed by atoms with Gasteiger partial charge < -0.3 is 9.30 Å². The van der Waals surface area contributed by atoms with Crippen LogP contribution in [-0.4, -0.2) is 22.9 Å². The van der Waals surface area contributed by atoms with Crippen molar-refractivity contribution >= 4 is 23.5 Å². The smallest absolute Gasteiger partial charge is 0.354 e. The van der Waals surface area contributed by atoms with Crippen molar-refractivity contribution in [3.8, 4) is 0 Å². The zero-order valence-corrected chi connectivity index (χ0v) is 14.0. The Morgan fingerprint density at radius 1 is 1.23 bits per heavy atom. The van der Waals surface area contributed by atoms with Crippen molar-refractivity contribution in [1.29, 1.82) is 0 Å². The number of esters is 1. The minimum absolute atomic E-state index is 0.0528. The number of rotatable bonds is 5. The van der Waals surface area contributed by atoms with Gasteiger partial charge in [-0.25, -0.2) is 4.79 Å². The SMILES string of the molecule is CCOC(=O)c1cc(Sc2ccc(C(C)=O)cc2)c(C)n1C. The lowest BCUT2D eigenvalue weighted by molar-refractivity contribution is 0.0515. The molecule has 2 aromatic rings. The molecule has 0 unspecified atom stereocenters. The lowest BCUT2D eigenvalue weighted by Gasteiger charge is -2.04. The summed E-state index contributed by atoms with van der Waals surface area (Å²) in [6, 6.07) is 9.30. The lowest BCUT2D eigenvalue weighted by Crippen LogP contribution is -2.10. The third kappa shape index (κ3) is 3.42. The Kier molecular flexibility index (Phi) is 5.08. The first-order chi connectivity index (χ1) is 10.4. The Morgan fingerprint density at radius 3 is 2.41 bits per heavy atom. The molecule has 116 valence electrons. The number of nitrogens with zero attached hydrogens (tertiary/aromatic N) is 1. The molecule has 0 saturated heterocycles. The predicted octanol–water partition coefficient (Wildman–Crippen LogP) is 3.86. The normalized spacial score (nSPS) is 10.5. The average Bonchev–Trinajstić information content (AvgIpc) is 2.76. The van der Waals surface area contributed by atoms with Crippen LogP contribution >= 0.6 is 11.8 Å². The fraction of sp³-hybridized carbons (Fsp3) is 0.294. The van der Waals surface area contributed by atoms with Crippen LogP contribution in [-0.2, 0) is 11.8 Å². The molecule has 0 spiro atoms. The van der Waals surface area contributed by atoms with E-state index in [1.807, 2.05) is 48.9 Å². The molecule has 1 aromatic carbocycles. The number of carbonyl (C=O) groups is 2. The molecule has 0 fully saturated rings. The second-order valence-electron chi connectivity index (χ2n) is 4.94. The third-order valence-corrected chi connectivity index (χ3v) is 4.60. The van der Waals surface area contributed by atoms with Crippen molar-refractivity contribution in [3.63, 3.8) is 0 Å². The molecule has 22 heavy (non-hydrogen) atoms. The van der Waals surface area contributed by atoms with Crippen LogP contribution in [0.1, 0.15) is 40.4 Å². The number of hydrogen-bond donors (Lipinski definition) is 0. The highest BCUT2D eigenvalue weighted by molar-refractivity contribution is 7.99. The highest BCUT2D eigenvalue weighted by Crippen LogP contribution is 2.32. The van der Waals surface area contributed by atoms with E-state index in [9.17, 15) is 9.59 Å². The van der Waals surface area contributed by atoms with Gasteiger partial charge in [-0.3, -0.25) is 4.79 Å². The van der Waals surface area contributed by atoms with E-state index in [1.54, 1.807) is 25.6 Å². The van der Waals surface area contributed by atoms with Crippen LogP contribution in [0.15, 0.2) is 40.1 Å². The van der Waals surface area contributed by atoms with Gasteiger partial charge in [-0.1, -0.05) is 23.9 Å². The molecular formula is C17H19NO3S. The highest BCUT2D eigenvalue weighted by Gasteiger charge is 2.17. The number of ether oxygens (including phenoxy) is 1. The van der Waals surface area contributed by atoms with Gasteiger partial charge in [-0.15, -0.1) is 0 Å². The molecule has 0 atom stereocenters. The molecule has 0 aliphatic heterocycles. The minimum atomic E-state index is -0.313. The second-order valence-corrected chi connectivity index (χ2v) is 6.06. The quantitative estimate of drug-likeness (QED) is 0.620. The Bertz CT molecular complexity index is 701. The van der Waals surface area contributed by atoms with Crippen LogP contribution in [0.5, 0.6) is 0 Å². The first kappa shape index (κ1) is 16.4. The number of hydrogen-bond acceptors (Lipinski definition) is 4. The van der Waals surface area contributed by atoms with E-state index >= 15 is 0 Å². The van der Waals surface area contributed by atoms with Crippen molar-refractivity contribution in [2.24, 2.45) is 7.05 Å². The molecule has 0 saturated carbocycles. The number of benzene rings is 1. The van der Waals surface area contributed by atoms with Crippen LogP contribution in [0, 0.1) is 6.92 Å². The van der Waals surface area contributed by atoms with Gasteiger partial charge in [0, 0.05) is 28.1 Å². The maximum atomic E-state index is 11.9. The Labute approximate surface area is 134 Å². The van der Waals surface area contributed by atoms with E-state index in [2.05, 4.69) is 0 Å². The minimum Gasteiger partial charge on any atom is -0.461 e. The topological polar surface area (TPSA) is 48.3 Å². The fourth-order valence-electron chi connectivity index (χ4n) is 2.06. The van der Waals surface area contributed by atoms with E-state index in [0.29, 0.717) is 17.9 Å². The molecule has 0 aliphatic carbocycles. The van der Waals surface area contributed by atoms with Crippen LogP contribution in [0.4, 0.5) is 0 Å². The van der Waals surface area contributed by atoms with Crippen LogP contribution in [0.2, 0.25) is 0 Å². The monoisotopic (exact) mass is 317 g/mol. The summed E-state index contributed by atoms with van der Waals surface area (Å²) in [4.78, 5) is 25.2. The Morgan fingerprint density at radius 2 is 1.86 bits per heavy atom. The number of Topliss-reactive ketones (excluding diaryl/α,β-unsaturated/α-hetero) is 1. The van der Waals surface area contributed by atoms with E-state index in [-0.39, 0.29) is 11.8 Å². The van der Waals surface area contributed by atoms with Crippen molar-refractivity contribution in [2.75, 3.05) is 6.61 Å². The van der Waals surface area contributed by atoms with Crippen LogP contribution < -0.4 is 0 Å². The van der Waals surface area contributed by atoms with E-state index in [1.165, 1.54) is 0 Å². The van der Waals surface area contributed by atoms with Gasteiger partial charge in [0.25, 0.3) is 0 Å². The van der Waals surface area contributed by atoms with Crippen molar-refractivity contribution in [3.05, 3.63) is 47.3 Å². The maximum Gasteiger partial charge on any atom is 0.354 e. The van der Waals surface area contributed by atoms with Crippen molar-refractivity contribution in [2.45, 2.75) is 30.6 Å². The summed E-state index contributed by atoms with van der Waals surface area (Å²) in [5, 5.41) is 0. The summed E-state index contributed by atoms with van der Waals surface area (Å²) in [7, 11) is 1.85. The fourth-order valence-corrected chi connectivity index (χ4v) is 3.04. The number of aromatic nitrogens is 1. The standard InChI is InChI=1S/C17H19NO3S/c1-5-21-17(20)15-10-16(11(2)18(15)4)22-14-8-6-13(7-9-14)12(3)19/h6-10H,5H2,1-4H3. The molecule has 1 heterocycles. The van der Waals surface area contributed by atoms with E-state index in [4.69, 9.17) is 4.74 Å². The van der Waals surface area contributed by atoms with Gasteiger partial charge in [0.2, 0.25) is 0 Å². The molecular weight excluding hydrogens is 298 g/mol. The Hall–Kier alpha value is -2.01. The summed E-state index contributed by atoms with van der Waals surface area (Å²) in [5.74, 6) is -0.260. The zero-order chi connectivity index (χ0) is 16.3. The Balaban J connectivity index is 2.24. The van der Waals surface area contributed by atoms with Gasteiger partial charge in [-0.05, 0) is 39.0 Å². The number of ketones is 1. The summed E-state index contributed by atoms with van der Waals surface area (Å²) < 4.78 is 6.90. The summed E-state index contributed by atoms with van der Waals surface area (Å²) in [5.41, 5.74) is 2.24. The average molecular weight is 317 g/mol. The first-order valence-corrected chi connectivity index (χ1v) is 7.88. The molecule has 0 amide bonds. The lowest BCUT2D eigenvalue weighted by atomic mass is 10.2. The zero-order valence-electron chi connectivity index (χ0n) is 13.2. The molecule has 4 nitrogen and oxygen atoms in total. The van der Waals surface area contributed by atoms with Gasteiger partial charge in [-0.2, -0.15) is 0 Å². The third-order valence-electron chi connectivity index (χ3n) is 3.46. The van der Waals surface area contributed by atoms with E-state index < -0.39 is 0 Å². The second kappa shape index (κ2) is 6.83. The number of carbonyl (C=O) groups excluding carboxylic acids is 2. The van der Waals surface area contributed by atoms with Crippen LogP contribution in [0.3, 0.4) is 0 Å². The van der Waals surface area contributed by atoms with Crippen LogP contribution in [0.25, 0.3) is 0 Å². The van der Waals surface area contributed by atoms with E-state index in [0.717, 1.165) is 15.5 Å². The molecule has 0 N–H and O–H groups in total. The van der Waals surface area contributed by atoms with Gasteiger partial charge in [0.15, 0.2) is 5.78 Å². The molecule has 0 bridgehead atoms. The van der Waals surface area contributed by atoms with Gasteiger partial charge in [0.05, 0.1) is 6.61 Å². The predicted molar refractivity (Wildman–Crippen MR) is 86.7 cm³/mol. The molecule has 5 heteroatoms. The highest BCUT2D eigenvalue weighted by atomic mass is 32.2. The molecule has 0 radical (unpaired) electrons. The largest absolute Gasteiger partial charge is 0.461 e.